The van der Waals surface area contributed by atoms with Crippen LogP contribution in [0.15, 0.2) is 24.3 Å². The van der Waals surface area contributed by atoms with E-state index in [0.29, 0.717) is 5.56 Å². The highest BCUT2D eigenvalue weighted by molar-refractivity contribution is 5.94. The third-order valence-corrected chi connectivity index (χ3v) is 4.74. The smallest absolute Gasteiger partial charge is 0.251 e. The van der Waals surface area contributed by atoms with Gasteiger partial charge in [-0.3, -0.25) is 9.69 Å². The minimum atomic E-state index is 0.0146. The van der Waals surface area contributed by atoms with E-state index >= 15 is 0 Å². The maximum absolute atomic E-state index is 12.2. The summed E-state index contributed by atoms with van der Waals surface area (Å²) in [4.78, 5) is 14.8. The molecule has 4 heteroatoms. The molecule has 0 radical (unpaired) electrons. The van der Waals surface area contributed by atoms with E-state index in [4.69, 9.17) is 4.74 Å². The molecular weight excluding hydrogens is 252 g/mol. The minimum Gasteiger partial charge on any atom is -0.497 e. The van der Waals surface area contributed by atoms with Crippen LogP contribution < -0.4 is 10.1 Å². The molecule has 0 atom stereocenters. The molecule has 0 spiro atoms. The highest BCUT2D eigenvalue weighted by Gasteiger charge is 2.44. The fourth-order valence-corrected chi connectivity index (χ4v) is 3.60. The quantitative estimate of drug-likeness (QED) is 0.913. The van der Waals surface area contributed by atoms with Crippen LogP contribution in [0, 0.1) is 0 Å². The number of nitrogens with zero attached hydrogens (tertiary/aromatic N) is 1. The molecule has 1 aromatic carbocycles. The molecule has 0 unspecified atom stereocenters. The summed E-state index contributed by atoms with van der Waals surface area (Å²) in [5, 5.41) is 3.12. The molecule has 20 heavy (non-hydrogen) atoms. The fourth-order valence-electron chi connectivity index (χ4n) is 3.60. The number of hydrogen-bond donors (Lipinski definition) is 1. The Labute approximate surface area is 120 Å². The Bertz CT molecular complexity index is 474. The second-order valence-electron chi connectivity index (χ2n) is 5.83. The largest absolute Gasteiger partial charge is 0.497 e. The van der Waals surface area contributed by atoms with Crippen LogP contribution in [0.4, 0.5) is 0 Å². The second kappa shape index (κ2) is 5.44. The van der Waals surface area contributed by atoms with Gasteiger partial charge in [0.25, 0.3) is 5.91 Å². The van der Waals surface area contributed by atoms with Gasteiger partial charge in [0.2, 0.25) is 0 Å². The van der Waals surface area contributed by atoms with E-state index in [0.717, 1.165) is 12.3 Å². The third kappa shape index (κ3) is 2.40. The Morgan fingerprint density at radius 3 is 2.50 bits per heavy atom. The van der Waals surface area contributed by atoms with Crippen LogP contribution in [0.3, 0.4) is 0 Å². The zero-order valence-electron chi connectivity index (χ0n) is 12.0. The van der Waals surface area contributed by atoms with Gasteiger partial charge in [0, 0.05) is 17.6 Å². The number of carbonyl (C=O) groups excluding carboxylic acids is 1. The molecule has 2 heterocycles. The molecule has 1 N–H and O–H groups in total. The van der Waals surface area contributed by atoms with Gasteiger partial charge in [-0.15, -0.1) is 0 Å². The van der Waals surface area contributed by atoms with Crippen LogP contribution in [0.2, 0.25) is 0 Å². The lowest BCUT2D eigenvalue weighted by atomic mass is 9.94. The van der Waals surface area contributed by atoms with Gasteiger partial charge < -0.3 is 10.1 Å². The molecule has 3 rings (SSSR count). The van der Waals surface area contributed by atoms with E-state index in [1.807, 2.05) is 24.3 Å². The van der Waals surface area contributed by atoms with Crippen LogP contribution in [0.25, 0.3) is 0 Å². The van der Waals surface area contributed by atoms with Crippen molar-refractivity contribution >= 4 is 5.91 Å². The maximum Gasteiger partial charge on any atom is 0.251 e. The summed E-state index contributed by atoms with van der Waals surface area (Å²) in [6, 6.07) is 7.27. The summed E-state index contributed by atoms with van der Waals surface area (Å²) in [5.74, 6) is 0.790. The Hall–Kier alpha value is -1.55. The first kappa shape index (κ1) is 13.4. The zero-order chi connectivity index (χ0) is 14.0. The Morgan fingerprint density at radius 1 is 1.25 bits per heavy atom. The highest BCUT2D eigenvalue weighted by Crippen LogP contribution is 2.38. The van der Waals surface area contributed by atoms with E-state index in [9.17, 15) is 4.79 Å². The van der Waals surface area contributed by atoms with Crippen molar-refractivity contribution in [1.29, 1.82) is 0 Å². The van der Waals surface area contributed by atoms with Crippen molar-refractivity contribution in [2.24, 2.45) is 0 Å². The predicted octanol–water partition coefficient (Wildman–Crippen LogP) is 2.05. The molecule has 0 bridgehead atoms. The molecule has 2 fully saturated rings. The first-order valence-corrected chi connectivity index (χ1v) is 7.41. The lowest BCUT2D eigenvalue weighted by molar-refractivity contribution is 0.0919. The van der Waals surface area contributed by atoms with Gasteiger partial charge in [0.05, 0.1) is 7.11 Å². The van der Waals surface area contributed by atoms with E-state index in [1.165, 1.54) is 38.8 Å². The number of nitrogens with one attached hydrogen (secondary N) is 1. The van der Waals surface area contributed by atoms with Gasteiger partial charge in [-0.25, -0.2) is 0 Å². The van der Waals surface area contributed by atoms with Crippen molar-refractivity contribution in [2.45, 2.75) is 31.2 Å². The maximum atomic E-state index is 12.2. The molecule has 0 saturated carbocycles. The van der Waals surface area contributed by atoms with Gasteiger partial charge in [-0.2, -0.15) is 0 Å². The zero-order valence-corrected chi connectivity index (χ0v) is 12.0. The summed E-state index contributed by atoms with van der Waals surface area (Å²) in [7, 11) is 1.63. The molecule has 2 aliphatic rings. The van der Waals surface area contributed by atoms with Crippen LogP contribution in [-0.2, 0) is 0 Å². The number of ether oxygens (including phenoxy) is 1. The average Bonchev–Trinajstić information content (AvgIpc) is 3.04. The standard InChI is InChI=1S/C16H22N2O2/c1-20-14-6-4-13(5-7-14)15(19)17-12-16-8-2-10-18(16)11-3-9-16/h4-7H,2-3,8-12H2,1H3,(H,17,19). The summed E-state index contributed by atoms with van der Waals surface area (Å²) < 4.78 is 5.11. The van der Waals surface area contributed by atoms with E-state index in [-0.39, 0.29) is 11.4 Å². The van der Waals surface area contributed by atoms with Crippen molar-refractivity contribution in [2.75, 3.05) is 26.7 Å². The molecule has 4 nitrogen and oxygen atoms in total. The van der Waals surface area contributed by atoms with E-state index in [2.05, 4.69) is 10.2 Å². The molecule has 0 aliphatic carbocycles. The molecule has 108 valence electrons. The Balaban J connectivity index is 1.61. The molecule has 0 aromatic heterocycles. The van der Waals surface area contributed by atoms with Crippen molar-refractivity contribution in [1.82, 2.24) is 10.2 Å². The predicted molar refractivity (Wildman–Crippen MR) is 78.1 cm³/mol. The molecule has 2 saturated heterocycles. The van der Waals surface area contributed by atoms with Crippen LogP contribution in [0.5, 0.6) is 5.75 Å². The first-order chi connectivity index (χ1) is 9.73. The van der Waals surface area contributed by atoms with Gasteiger partial charge in [0.1, 0.15) is 5.75 Å². The number of rotatable bonds is 4. The SMILES string of the molecule is COc1ccc(C(=O)NCC23CCCN2CCC3)cc1. The normalized spacial score (nSPS) is 20.6. The Kier molecular flexibility index (Phi) is 3.66. The van der Waals surface area contributed by atoms with E-state index in [1.54, 1.807) is 7.11 Å². The third-order valence-electron chi connectivity index (χ3n) is 4.74. The summed E-state index contributed by atoms with van der Waals surface area (Å²) in [6.45, 7) is 3.16. The van der Waals surface area contributed by atoms with Gasteiger partial charge >= 0.3 is 0 Å². The Morgan fingerprint density at radius 2 is 1.90 bits per heavy atom. The van der Waals surface area contributed by atoms with Gasteiger partial charge in [0.15, 0.2) is 0 Å². The lowest BCUT2D eigenvalue weighted by Gasteiger charge is -2.32. The summed E-state index contributed by atoms with van der Waals surface area (Å²) in [6.07, 6.45) is 4.96. The average molecular weight is 274 g/mol. The number of amides is 1. The molecule has 2 aliphatic heterocycles. The number of hydrogen-bond acceptors (Lipinski definition) is 3. The number of fused-ring (bicyclic) bond motifs is 1. The minimum absolute atomic E-state index is 0.0146. The topological polar surface area (TPSA) is 41.6 Å². The monoisotopic (exact) mass is 274 g/mol. The van der Waals surface area contributed by atoms with Crippen molar-refractivity contribution in [3.05, 3.63) is 29.8 Å². The van der Waals surface area contributed by atoms with Gasteiger partial charge in [-0.1, -0.05) is 0 Å². The fraction of sp³-hybridized carbons (Fsp3) is 0.562. The second-order valence-corrected chi connectivity index (χ2v) is 5.83. The van der Waals surface area contributed by atoms with Crippen molar-refractivity contribution < 1.29 is 9.53 Å². The first-order valence-electron chi connectivity index (χ1n) is 7.41. The van der Waals surface area contributed by atoms with Crippen molar-refractivity contribution in [3.63, 3.8) is 0 Å². The van der Waals surface area contributed by atoms with E-state index < -0.39 is 0 Å². The van der Waals surface area contributed by atoms with Crippen LogP contribution in [0.1, 0.15) is 36.0 Å². The molecule has 1 aromatic rings. The lowest BCUT2D eigenvalue weighted by Crippen LogP contribution is -2.48. The summed E-state index contributed by atoms with van der Waals surface area (Å²) >= 11 is 0. The number of methoxy groups -OCH3 is 1. The van der Waals surface area contributed by atoms with Gasteiger partial charge in [-0.05, 0) is 63.0 Å². The highest BCUT2D eigenvalue weighted by atomic mass is 16.5. The van der Waals surface area contributed by atoms with Crippen LogP contribution >= 0.6 is 0 Å². The molecule has 1 amide bonds. The summed E-state index contributed by atoms with van der Waals surface area (Å²) in [5.41, 5.74) is 0.937. The van der Waals surface area contributed by atoms with Crippen molar-refractivity contribution in [3.8, 4) is 5.75 Å². The number of carbonyl (C=O) groups is 1. The van der Waals surface area contributed by atoms with Crippen LogP contribution in [-0.4, -0.2) is 43.1 Å². The number of benzene rings is 1. The molecular formula is C16H22N2O2.